The van der Waals surface area contributed by atoms with Gasteiger partial charge in [-0.25, -0.2) is 37.1 Å². The largest absolute Gasteiger partial charge is 0.495 e. The van der Waals surface area contributed by atoms with Gasteiger partial charge in [0.1, 0.15) is 34.5 Å². The number of carbonyl (C=O) groups excluding carboxylic acids is 3. The summed E-state index contributed by atoms with van der Waals surface area (Å²) in [6.45, 7) is 6.63. The summed E-state index contributed by atoms with van der Waals surface area (Å²) in [5.41, 5.74) is -4.44. The predicted molar refractivity (Wildman–Crippen MR) is 249 cm³/mol. The molecule has 0 spiro atoms. The lowest BCUT2D eigenvalue weighted by molar-refractivity contribution is -0.127. The van der Waals surface area contributed by atoms with E-state index in [9.17, 15) is 28.0 Å². The van der Waals surface area contributed by atoms with Gasteiger partial charge in [0, 0.05) is 38.3 Å². The molecule has 2 amide bonds. The van der Waals surface area contributed by atoms with Crippen molar-refractivity contribution in [3.8, 4) is 11.5 Å². The molecule has 0 bridgehead atoms. The zero-order valence-electron chi connectivity index (χ0n) is 38.7. The van der Waals surface area contributed by atoms with Crippen molar-refractivity contribution in [1.82, 2.24) is 19.9 Å². The van der Waals surface area contributed by atoms with Crippen LogP contribution >= 0.6 is 0 Å². The molecule has 22 heteroatoms. The van der Waals surface area contributed by atoms with Crippen molar-refractivity contribution in [2.24, 2.45) is 0 Å². The van der Waals surface area contributed by atoms with Crippen molar-refractivity contribution in [2.45, 2.75) is 74.8 Å². The Bertz CT molecular complexity index is 2690. The number of fused-ring (bicyclic) bond motifs is 2. The molecule has 0 saturated heterocycles. The number of methoxy groups -OCH3 is 3. The zero-order valence-corrected chi connectivity index (χ0v) is 38.7. The lowest BCUT2D eigenvalue weighted by atomic mass is 10.0. The minimum absolute atomic E-state index is 0.00260. The second-order valence-corrected chi connectivity index (χ2v) is 16.9. The normalized spacial score (nSPS) is 20.5. The number of nitrogens with one attached hydrogen (secondary N) is 2. The first kappa shape index (κ1) is 49.4. The fraction of sp³-hybridized carbons (Fsp3) is 0.404. The number of hydrogen-bond donors (Lipinski definition) is 3. The average molecular weight is 961 g/mol. The molecule has 2 saturated carbocycles. The van der Waals surface area contributed by atoms with Crippen LogP contribution in [-0.2, 0) is 14.3 Å². The quantitative estimate of drug-likeness (QED) is 0.0716. The van der Waals surface area contributed by atoms with Crippen molar-refractivity contribution in [1.29, 1.82) is 0 Å². The maximum absolute atomic E-state index is 15.7. The second-order valence-electron chi connectivity index (χ2n) is 16.9. The van der Waals surface area contributed by atoms with Crippen LogP contribution < -0.4 is 39.7 Å². The highest BCUT2D eigenvalue weighted by atomic mass is 19.2. The van der Waals surface area contributed by atoms with Gasteiger partial charge >= 0.3 is 11.9 Å². The molecule has 4 aliphatic rings. The Morgan fingerprint density at radius 1 is 0.710 bits per heavy atom. The van der Waals surface area contributed by atoms with Gasteiger partial charge in [-0.2, -0.15) is 9.97 Å². The van der Waals surface area contributed by atoms with E-state index in [-0.39, 0.29) is 65.5 Å². The van der Waals surface area contributed by atoms with Gasteiger partial charge in [-0.3, -0.25) is 9.59 Å². The van der Waals surface area contributed by atoms with Crippen molar-refractivity contribution in [2.75, 3.05) is 78.7 Å². The molecule has 4 aromatic rings. The molecular formula is C47H52F4N10O8. The van der Waals surface area contributed by atoms with Gasteiger partial charge in [0.25, 0.3) is 11.8 Å². The number of carboxylic acid groups (broad SMARTS) is 1. The van der Waals surface area contributed by atoms with Crippen LogP contribution in [-0.4, -0.2) is 121 Å². The standard InChI is InChI=1S/C24H27F2N5O4.C23H25F2N5O4/c1-5-24(26)13-31(14-8-6-7-9-14)20-18(30(2)22(24)33)12-27-23(29-20)28-17-11-16(25)15(21(32)35-4)10-19(17)34-3;1-4-23(25)12-30(13-7-5-6-8-13)19-17(29(2)21(23)33)11-26-22(28-19)27-16-10-15(24)14(20(31)32)9-18(16)34-3/h5,10-12,14H,1,6-9,13H2,2-4H3,(H,27,28,29);4,9-11,13H,1,5-8,12H2,2-3H3,(H,31,32)(H,26,27,28)/t24-;23-/m11/s1. The number of alkyl halides is 2. The number of benzene rings is 2. The highest BCUT2D eigenvalue weighted by Gasteiger charge is 2.48. The van der Waals surface area contributed by atoms with Crippen molar-refractivity contribution >= 4 is 70.0 Å². The van der Waals surface area contributed by atoms with Gasteiger partial charge in [0.2, 0.25) is 23.2 Å². The van der Waals surface area contributed by atoms with Gasteiger partial charge in [0.15, 0.2) is 11.6 Å². The molecule has 2 aromatic heterocycles. The number of rotatable bonds is 12. The monoisotopic (exact) mass is 960 g/mol. The molecule has 8 rings (SSSR count). The van der Waals surface area contributed by atoms with E-state index in [1.165, 1.54) is 56.6 Å². The van der Waals surface area contributed by atoms with E-state index in [4.69, 9.17) is 14.6 Å². The number of carbonyl (C=O) groups is 4. The van der Waals surface area contributed by atoms with E-state index >= 15 is 8.78 Å². The first-order valence-corrected chi connectivity index (χ1v) is 22.0. The van der Waals surface area contributed by atoms with Gasteiger partial charge < -0.3 is 49.6 Å². The molecule has 366 valence electrons. The number of ether oxygens (including phenoxy) is 3. The van der Waals surface area contributed by atoms with E-state index < -0.39 is 52.3 Å². The van der Waals surface area contributed by atoms with Crippen molar-refractivity contribution < 1.29 is 56.1 Å². The van der Waals surface area contributed by atoms with Crippen LogP contribution in [0.3, 0.4) is 0 Å². The van der Waals surface area contributed by atoms with Gasteiger partial charge in [-0.1, -0.05) is 38.8 Å². The number of aromatic carboxylic acids is 1. The summed E-state index contributed by atoms with van der Waals surface area (Å²) >= 11 is 0. The number of amides is 2. The third-order valence-electron chi connectivity index (χ3n) is 12.8. The highest BCUT2D eigenvalue weighted by molar-refractivity contribution is 6.05. The van der Waals surface area contributed by atoms with E-state index in [2.05, 4.69) is 48.5 Å². The van der Waals surface area contributed by atoms with E-state index in [0.29, 0.717) is 23.0 Å². The van der Waals surface area contributed by atoms with Gasteiger partial charge in [-0.05, 0) is 50.0 Å². The Morgan fingerprint density at radius 2 is 1.10 bits per heavy atom. The molecule has 2 aromatic carbocycles. The number of carboxylic acids is 1. The van der Waals surface area contributed by atoms with Crippen LogP contribution in [0.15, 0.2) is 62.0 Å². The van der Waals surface area contributed by atoms with E-state index in [1.807, 2.05) is 0 Å². The Kier molecular flexibility index (Phi) is 14.3. The lowest BCUT2D eigenvalue weighted by Gasteiger charge is -2.32. The number of esters is 1. The summed E-state index contributed by atoms with van der Waals surface area (Å²) in [5.74, 6) is -4.44. The third-order valence-corrected chi connectivity index (χ3v) is 12.8. The van der Waals surface area contributed by atoms with Gasteiger partial charge in [0.05, 0.1) is 69.3 Å². The molecule has 0 radical (unpaired) electrons. The predicted octanol–water partition coefficient (Wildman–Crippen LogP) is 7.46. The van der Waals surface area contributed by atoms with Crippen LogP contribution in [0.1, 0.15) is 72.1 Å². The number of hydrogen-bond acceptors (Lipinski definition) is 15. The fourth-order valence-electron chi connectivity index (χ4n) is 8.96. The summed E-state index contributed by atoms with van der Waals surface area (Å²) in [6.07, 6.45) is 12.1. The Hall–Kier alpha value is -7.52. The zero-order chi connectivity index (χ0) is 49.9. The van der Waals surface area contributed by atoms with Crippen molar-refractivity contribution in [3.05, 3.63) is 84.7 Å². The number of aromatic nitrogens is 4. The van der Waals surface area contributed by atoms with Crippen LogP contribution in [0.25, 0.3) is 0 Å². The number of anilines is 8. The molecule has 2 atom stereocenters. The highest BCUT2D eigenvalue weighted by Crippen LogP contribution is 2.42. The van der Waals surface area contributed by atoms with Crippen LogP contribution in [0, 0.1) is 11.6 Å². The Labute approximate surface area is 395 Å². The summed E-state index contributed by atoms with van der Waals surface area (Å²) in [7, 11) is 6.77. The minimum Gasteiger partial charge on any atom is -0.495 e. The maximum Gasteiger partial charge on any atom is 0.340 e. The SMILES string of the molecule is C=C[C@@]1(F)CN(C2CCCC2)c2nc(Nc3cc(F)c(C(=O)O)cc3OC)ncc2N(C)C1=O.C=C[C@@]1(F)CN(C2CCCC2)c2nc(Nc3cc(F)c(C(=O)OC)cc3OC)ncc2N(C)C1=O. The molecule has 2 fully saturated rings. The van der Waals surface area contributed by atoms with Crippen LogP contribution in [0.4, 0.5) is 63.8 Å². The van der Waals surface area contributed by atoms with E-state index in [1.54, 1.807) is 9.80 Å². The first-order valence-electron chi connectivity index (χ1n) is 22.0. The summed E-state index contributed by atoms with van der Waals surface area (Å²) < 4.78 is 75.3. The summed E-state index contributed by atoms with van der Waals surface area (Å²) in [5, 5.41) is 14.9. The van der Waals surface area contributed by atoms with E-state index in [0.717, 1.165) is 88.8 Å². The molecule has 3 N–H and O–H groups in total. The fourth-order valence-corrected chi connectivity index (χ4v) is 8.96. The summed E-state index contributed by atoms with van der Waals surface area (Å²) in [4.78, 5) is 72.5. The van der Waals surface area contributed by atoms with Crippen LogP contribution in [0.2, 0.25) is 0 Å². The average Bonchev–Trinajstić information content (AvgIpc) is 4.08. The number of halogens is 4. The number of nitrogens with zero attached hydrogens (tertiary/aromatic N) is 8. The molecule has 18 nitrogen and oxygen atoms in total. The first-order chi connectivity index (χ1) is 32.9. The maximum atomic E-state index is 15.7. The molecule has 2 aliphatic carbocycles. The van der Waals surface area contributed by atoms with Crippen LogP contribution in [0.5, 0.6) is 11.5 Å². The van der Waals surface area contributed by atoms with Gasteiger partial charge in [-0.15, -0.1) is 0 Å². The summed E-state index contributed by atoms with van der Waals surface area (Å²) in [6, 6.07) is 4.31. The Balaban J connectivity index is 0.000000204. The molecule has 69 heavy (non-hydrogen) atoms. The Morgan fingerprint density at radius 3 is 1.46 bits per heavy atom. The molecule has 2 aliphatic heterocycles. The molecule has 0 unspecified atom stereocenters. The topological polar surface area (TPSA) is 205 Å². The smallest absolute Gasteiger partial charge is 0.340 e. The minimum atomic E-state index is -2.30. The molecule has 4 heterocycles. The molecular weight excluding hydrogens is 909 g/mol. The second kappa shape index (κ2) is 20.0. The third kappa shape index (κ3) is 9.64. The lowest BCUT2D eigenvalue weighted by Crippen LogP contribution is -2.49. The van der Waals surface area contributed by atoms with Crippen molar-refractivity contribution in [3.63, 3.8) is 0 Å².